The van der Waals surface area contributed by atoms with E-state index >= 15 is 0 Å². The van der Waals surface area contributed by atoms with Crippen LogP contribution in [0.2, 0.25) is 0 Å². The Bertz CT molecular complexity index is 513. The van der Waals surface area contributed by atoms with Crippen LogP contribution in [0.5, 0.6) is 0 Å². The predicted octanol–water partition coefficient (Wildman–Crippen LogP) is 1.97. The Kier molecular flexibility index (Phi) is 5.57. The van der Waals surface area contributed by atoms with Gasteiger partial charge in [-0.2, -0.15) is 5.10 Å². The predicted molar refractivity (Wildman–Crippen MR) is 85.4 cm³/mol. The quantitative estimate of drug-likeness (QED) is 0.808. The van der Waals surface area contributed by atoms with Crippen molar-refractivity contribution >= 4 is 21.7 Å². The second-order valence-electron chi connectivity index (χ2n) is 5.78. The molecular weight excluding hydrogens is 334 g/mol. The normalized spacial score (nSPS) is 20.2. The minimum Gasteiger partial charge on any atom is -0.368 e. The van der Waals surface area contributed by atoms with Crippen LogP contribution in [-0.4, -0.2) is 52.3 Å². The molecule has 1 unspecified atom stereocenters. The second-order valence-corrected chi connectivity index (χ2v) is 6.57. The lowest BCUT2D eigenvalue weighted by atomic mass is 10.1. The van der Waals surface area contributed by atoms with Gasteiger partial charge in [-0.3, -0.25) is 14.4 Å². The first-order valence-corrected chi connectivity index (χ1v) is 8.31. The average molecular weight is 358 g/mol. The zero-order valence-electron chi connectivity index (χ0n) is 13.2. The van der Waals surface area contributed by atoms with E-state index in [0.717, 1.165) is 28.8 Å². The average Bonchev–Trinajstić information content (AvgIpc) is 2.74. The molecule has 1 aliphatic rings. The van der Waals surface area contributed by atoms with Crippen LogP contribution in [0.1, 0.15) is 32.2 Å². The number of carbonyl (C=O) groups is 1. The fourth-order valence-corrected chi connectivity index (χ4v) is 3.38. The van der Waals surface area contributed by atoms with Gasteiger partial charge in [0.1, 0.15) is 6.10 Å². The molecule has 0 amide bonds. The third-order valence-corrected chi connectivity index (χ3v) is 4.95. The van der Waals surface area contributed by atoms with Crippen molar-refractivity contribution < 1.29 is 9.53 Å². The molecule has 118 valence electrons. The van der Waals surface area contributed by atoms with E-state index in [2.05, 4.69) is 46.7 Å². The molecule has 1 fully saturated rings. The Hall–Kier alpha value is -0.720. The van der Waals surface area contributed by atoms with Crippen LogP contribution in [0.4, 0.5) is 0 Å². The van der Waals surface area contributed by atoms with E-state index in [4.69, 9.17) is 4.74 Å². The van der Waals surface area contributed by atoms with Crippen LogP contribution < -0.4 is 0 Å². The summed E-state index contributed by atoms with van der Waals surface area (Å²) in [6.07, 6.45) is 0.887. The van der Waals surface area contributed by atoms with E-state index in [1.807, 2.05) is 7.05 Å². The third kappa shape index (κ3) is 3.73. The van der Waals surface area contributed by atoms with Crippen LogP contribution in [0.3, 0.4) is 0 Å². The number of halogens is 1. The molecular formula is C15H24BrN3O2. The standard InChI is InChI=1S/C15H24BrN3O2/c1-5-11-15(16)12(18(4)17-11)8-13(20)14-9-19(10(2)3)6-7-21-14/h10,14H,5-9H2,1-4H3. The summed E-state index contributed by atoms with van der Waals surface area (Å²) in [6.45, 7) is 8.57. The first-order chi connectivity index (χ1) is 9.93. The fourth-order valence-electron chi connectivity index (χ4n) is 2.62. The first-order valence-electron chi connectivity index (χ1n) is 7.52. The Labute approximate surface area is 134 Å². The lowest BCUT2D eigenvalue weighted by Crippen LogP contribution is -2.49. The van der Waals surface area contributed by atoms with Gasteiger partial charge in [0.25, 0.3) is 0 Å². The van der Waals surface area contributed by atoms with Gasteiger partial charge in [-0.05, 0) is 36.2 Å². The lowest BCUT2D eigenvalue weighted by Gasteiger charge is -2.34. The van der Waals surface area contributed by atoms with Gasteiger partial charge in [-0.15, -0.1) is 0 Å². The van der Waals surface area contributed by atoms with Crippen molar-refractivity contribution in [3.8, 4) is 0 Å². The molecule has 0 bridgehead atoms. The largest absolute Gasteiger partial charge is 0.368 e. The van der Waals surface area contributed by atoms with Gasteiger partial charge in [-0.1, -0.05) is 6.92 Å². The Morgan fingerprint density at radius 1 is 1.52 bits per heavy atom. The van der Waals surface area contributed by atoms with Gasteiger partial charge in [0.05, 0.1) is 28.9 Å². The molecule has 2 rings (SSSR count). The molecule has 2 heterocycles. The molecule has 6 heteroatoms. The van der Waals surface area contributed by atoms with Crippen molar-refractivity contribution in [2.45, 2.75) is 45.8 Å². The number of ketones is 1. The number of morpholine rings is 1. The lowest BCUT2D eigenvalue weighted by molar-refractivity contribution is -0.136. The number of hydrogen-bond acceptors (Lipinski definition) is 4. The molecule has 0 aromatic carbocycles. The number of hydrogen-bond donors (Lipinski definition) is 0. The minimum absolute atomic E-state index is 0.131. The van der Waals surface area contributed by atoms with Gasteiger partial charge in [0.15, 0.2) is 5.78 Å². The zero-order valence-corrected chi connectivity index (χ0v) is 14.8. The number of nitrogens with zero attached hydrogens (tertiary/aromatic N) is 3. The maximum absolute atomic E-state index is 12.5. The van der Waals surface area contributed by atoms with E-state index in [9.17, 15) is 4.79 Å². The molecule has 0 N–H and O–H groups in total. The van der Waals surface area contributed by atoms with Gasteiger partial charge in [0.2, 0.25) is 0 Å². The molecule has 1 aromatic rings. The maximum Gasteiger partial charge on any atom is 0.168 e. The van der Waals surface area contributed by atoms with Crippen molar-refractivity contribution in [1.82, 2.24) is 14.7 Å². The number of aryl methyl sites for hydroxylation is 2. The Balaban J connectivity index is 2.06. The highest BCUT2D eigenvalue weighted by atomic mass is 79.9. The summed E-state index contributed by atoms with van der Waals surface area (Å²) >= 11 is 3.56. The minimum atomic E-state index is -0.326. The summed E-state index contributed by atoms with van der Waals surface area (Å²) in [5, 5.41) is 4.44. The van der Waals surface area contributed by atoms with E-state index in [1.165, 1.54) is 0 Å². The first kappa shape index (κ1) is 16.6. The summed E-state index contributed by atoms with van der Waals surface area (Å²) in [5.74, 6) is 0.131. The molecule has 0 radical (unpaired) electrons. The van der Waals surface area contributed by atoms with E-state index in [0.29, 0.717) is 25.6 Å². The van der Waals surface area contributed by atoms with Gasteiger partial charge in [-0.25, -0.2) is 0 Å². The van der Waals surface area contributed by atoms with E-state index in [-0.39, 0.29) is 11.9 Å². The van der Waals surface area contributed by atoms with E-state index in [1.54, 1.807) is 4.68 Å². The van der Waals surface area contributed by atoms with Crippen molar-refractivity contribution in [2.24, 2.45) is 7.05 Å². The SMILES string of the molecule is CCc1nn(C)c(CC(=O)C2CN(C(C)C)CCO2)c1Br. The highest BCUT2D eigenvalue weighted by molar-refractivity contribution is 9.10. The van der Waals surface area contributed by atoms with Crippen LogP contribution in [0.15, 0.2) is 4.47 Å². The molecule has 21 heavy (non-hydrogen) atoms. The van der Waals surface area contributed by atoms with Gasteiger partial charge >= 0.3 is 0 Å². The van der Waals surface area contributed by atoms with Crippen LogP contribution in [-0.2, 0) is 29.4 Å². The van der Waals surface area contributed by atoms with Gasteiger partial charge in [0, 0.05) is 26.2 Å². The number of carbonyl (C=O) groups excluding carboxylic acids is 1. The van der Waals surface area contributed by atoms with E-state index < -0.39 is 0 Å². The molecule has 0 saturated carbocycles. The maximum atomic E-state index is 12.5. The third-order valence-electron chi connectivity index (χ3n) is 4.03. The van der Waals surface area contributed by atoms with Crippen molar-refractivity contribution in [3.05, 3.63) is 15.9 Å². The molecule has 0 aliphatic carbocycles. The molecule has 1 atom stereocenters. The van der Waals surface area contributed by atoms with Crippen LogP contribution >= 0.6 is 15.9 Å². The summed E-state index contributed by atoms with van der Waals surface area (Å²) in [7, 11) is 1.88. The second kappa shape index (κ2) is 7.03. The summed E-state index contributed by atoms with van der Waals surface area (Å²) in [4.78, 5) is 14.8. The van der Waals surface area contributed by atoms with Crippen LogP contribution in [0, 0.1) is 0 Å². The van der Waals surface area contributed by atoms with Crippen molar-refractivity contribution in [3.63, 3.8) is 0 Å². The number of ether oxygens (including phenoxy) is 1. The highest BCUT2D eigenvalue weighted by Gasteiger charge is 2.29. The Morgan fingerprint density at radius 3 is 2.81 bits per heavy atom. The Morgan fingerprint density at radius 2 is 2.24 bits per heavy atom. The zero-order chi connectivity index (χ0) is 15.6. The number of rotatable bonds is 5. The summed E-state index contributed by atoms with van der Waals surface area (Å²) in [6, 6.07) is 0.444. The van der Waals surface area contributed by atoms with Gasteiger partial charge < -0.3 is 4.74 Å². The van der Waals surface area contributed by atoms with Crippen LogP contribution in [0.25, 0.3) is 0 Å². The summed E-state index contributed by atoms with van der Waals surface area (Å²) in [5.41, 5.74) is 1.93. The monoisotopic (exact) mass is 357 g/mol. The molecule has 1 aromatic heterocycles. The summed E-state index contributed by atoms with van der Waals surface area (Å²) < 4.78 is 8.42. The molecule has 5 nitrogen and oxygen atoms in total. The smallest absolute Gasteiger partial charge is 0.168 e. The van der Waals surface area contributed by atoms with Crippen molar-refractivity contribution in [2.75, 3.05) is 19.7 Å². The number of Topliss-reactive ketones (excluding diaryl/α,β-unsaturated/α-hetero) is 1. The molecule has 1 aliphatic heterocycles. The molecule has 0 spiro atoms. The topological polar surface area (TPSA) is 47.4 Å². The molecule has 1 saturated heterocycles. The fraction of sp³-hybridized carbons (Fsp3) is 0.733. The number of aromatic nitrogens is 2. The highest BCUT2D eigenvalue weighted by Crippen LogP contribution is 2.23. The van der Waals surface area contributed by atoms with Crippen molar-refractivity contribution in [1.29, 1.82) is 0 Å².